The first-order valence-corrected chi connectivity index (χ1v) is 12.0. The average molecular weight is 468 g/mol. The lowest BCUT2D eigenvalue weighted by molar-refractivity contribution is 0.102. The van der Waals surface area contributed by atoms with Gasteiger partial charge in [0.15, 0.2) is 11.4 Å². The number of furan rings is 1. The molecule has 0 aliphatic heterocycles. The zero-order valence-corrected chi connectivity index (χ0v) is 19.7. The van der Waals surface area contributed by atoms with E-state index in [1.807, 2.05) is 6.92 Å². The van der Waals surface area contributed by atoms with Crippen LogP contribution in [-0.2, 0) is 17.1 Å². The highest BCUT2D eigenvalue weighted by molar-refractivity contribution is 7.89. The Kier molecular flexibility index (Phi) is 6.05. The van der Waals surface area contributed by atoms with Gasteiger partial charge in [-0.25, -0.2) is 13.4 Å². The van der Waals surface area contributed by atoms with Gasteiger partial charge < -0.3 is 9.73 Å². The fraction of sp³-hybridized carbons (Fsp3) is 0.261. The van der Waals surface area contributed by atoms with Crippen molar-refractivity contribution in [2.24, 2.45) is 7.05 Å². The monoisotopic (exact) mass is 467 g/mol. The van der Waals surface area contributed by atoms with Crippen LogP contribution in [0, 0.1) is 6.92 Å². The Morgan fingerprint density at radius 2 is 1.91 bits per heavy atom. The number of anilines is 1. The summed E-state index contributed by atoms with van der Waals surface area (Å²) in [5, 5.41) is 7.86. The molecule has 9 nitrogen and oxygen atoms in total. The summed E-state index contributed by atoms with van der Waals surface area (Å²) in [6, 6.07) is 11.4. The Labute approximate surface area is 192 Å². The smallest absolute Gasteiger partial charge is 0.256 e. The molecule has 33 heavy (non-hydrogen) atoms. The predicted molar refractivity (Wildman–Crippen MR) is 125 cm³/mol. The molecule has 0 saturated heterocycles. The van der Waals surface area contributed by atoms with Crippen LogP contribution in [0.3, 0.4) is 0 Å². The number of carbonyl (C=O) groups excluding carboxylic acids is 1. The molecule has 3 aromatic heterocycles. The summed E-state index contributed by atoms with van der Waals surface area (Å²) in [5.41, 5.74) is 2.45. The van der Waals surface area contributed by atoms with Gasteiger partial charge >= 0.3 is 0 Å². The molecule has 1 aromatic carbocycles. The third-order valence-corrected chi connectivity index (χ3v) is 7.47. The first-order valence-electron chi connectivity index (χ1n) is 10.6. The van der Waals surface area contributed by atoms with E-state index in [2.05, 4.69) is 15.4 Å². The third kappa shape index (κ3) is 4.14. The molecule has 0 aliphatic carbocycles. The fourth-order valence-corrected chi connectivity index (χ4v) is 5.32. The molecule has 0 atom stereocenters. The van der Waals surface area contributed by atoms with E-state index in [0.717, 1.165) is 0 Å². The first-order chi connectivity index (χ1) is 15.8. The molecule has 1 N–H and O–H groups in total. The standard InChI is InChI=1S/C23H25N5O4S/c1-5-28(6-2)33(30,31)17-10-7-9-16(13-17)24-23(29)18-14-19(20-11-8-12-32-20)25-22-21(18)15(3)26-27(22)4/h7-14H,5-6H2,1-4H3,(H,24,29). The molecule has 0 spiro atoms. The number of nitrogens with zero attached hydrogens (tertiary/aromatic N) is 4. The van der Waals surface area contributed by atoms with E-state index in [1.165, 1.54) is 22.7 Å². The number of amides is 1. The second-order valence-electron chi connectivity index (χ2n) is 7.51. The highest BCUT2D eigenvalue weighted by Gasteiger charge is 2.23. The Morgan fingerprint density at radius 3 is 2.58 bits per heavy atom. The van der Waals surface area contributed by atoms with Gasteiger partial charge in [-0.2, -0.15) is 9.40 Å². The molecule has 0 fully saturated rings. The van der Waals surface area contributed by atoms with Gasteiger partial charge in [-0.05, 0) is 43.3 Å². The number of aromatic nitrogens is 3. The normalized spacial score (nSPS) is 11.9. The van der Waals surface area contributed by atoms with Crippen molar-refractivity contribution in [2.75, 3.05) is 18.4 Å². The molecule has 0 aliphatic rings. The van der Waals surface area contributed by atoms with Gasteiger partial charge in [0.05, 0.1) is 27.8 Å². The molecule has 0 saturated carbocycles. The van der Waals surface area contributed by atoms with E-state index in [9.17, 15) is 13.2 Å². The van der Waals surface area contributed by atoms with Crippen molar-refractivity contribution in [3.63, 3.8) is 0 Å². The second-order valence-corrected chi connectivity index (χ2v) is 9.45. The molecule has 4 rings (SSSR count). The highest BCUT2D eigenvalue weighted by atomic mass is 32.2. The molecular formula is C23H25N5O4S. The van der Waals surface area contributed by atoms with Gasteiger partial charge in [0.25, 0.3) is 5.91 Å². The Bertz CT molecular complexity index is 1420. The van der Waals surface area contributed by atoms with E-state index < -0.39 is 15.9 Å². The van der Waals surface area contributed by atoms with Crippen LogP contribution in [0.1, 0.15) is 29.9 Å². The van der Waals surface area contributed by atoms with Crippen molar-refractivity contribution >= 4 is 32.7 Å². The molecule has 0 unspecified atom stereocenters. The highest BCUT2D eigenvalue weighted by Crippen LogP contribution is 2.28. The van der Waals surface area contributed by atoms with Crippen molar-refractivity contribution in [3.05, 3.63) is 60.0 Å². The minimum absolute atomic E-state index is 0.123. The van der Waals surface area contributed by atoms with Gasteiger partial charge in [-0.1, -0.05) is 19.9 Å². The van der Waals surface area contributed by atoms with Crippen LogP contribution >= 0.6 is 0 Å². The number of carbonyl (C=O) groups is 1. The van der Waals surface area contributed by atoms with Crippen LogP contribution in [0.2, 0.25) is 0 Å². The van der Waals surface area contributed by atoms with Crippen molar-refractivity contribution in [2.45, 2.75) is 25.7 Å². The zero-order valence-electron chi connectivity index (χ0n) is 18.9. The maximum atomic E-state index is 13.4. The SMILES string of the molecule is CCN(CC)S(=O)(=O)c1cccc(NC(=O)c2cc(-c3ccco3)nc3c2c(C)nn3C)c1. The molecule has 0 bridgehead atoms. The number of aryl methyl sites for hydroxylation is 2. The van der Waals surface area contributed by atoms with Crippen molar-refractivity contribution in [1.82, 2.24) is 19.1 Å². The zero-order chi connectivity index (χ0) is 23.8. The van der Waals surface area contributed by atoms with E-state index in [0.29, 0.717) is 52.5 Å². The Hall–Kier alpha value is -3.50. The summed E-state index contributed by atoms with van der Waals surface area (Å²) in [4.78, 5) is 18.1. The van der Waals surface area contributed by atoms with Crippen molar-refractivity contribution in [1.29, 1.82) is 0 Å². The lowest BCUT2D eigenvalue weighted by Gasteiger charge is -2.19. The van der Waals surface area contributed by atoms with Crippen molar-refractivity contribution < 1.29 is 17.6 Å². The molecule has 4 aromatic rings. The summed E-state index contributed by atoms with van der Waals surface area (Å²) in [5.74, 6) is 0.126. The summed E-state index contributed by atoms with van der Waals surface area (Å²) in [6.45, 7) is 6.10. The maximum Gasteiger partial charge on any atom is 0.256 e. The van der Waals surface area contributed by atoms with E-state index in [4.69, 9.17) is 4.42 Å². The molecule has 1 amide bonds. The van der Waals surface area contributed by atoms with Gasteiger partial charge in [-0.3, -0.25) is 9.48 Å². The first kappa shape index (κ1) is 22.7. The van der Waals surface area contributed by atoms with Gasteiger partial charge in [0, 0.05) is 25.8 Å². The number of hydrogen-bond donors (Lipinski definition) is 1. The number of nitrogens with one attached hydrogen (secondary N) is 1. The van der Waals surface area contributed by atoms with Crippen LogP contribution in [0.4, 0.5) is 5.69 Å². The molecule has 172 valence electrons. The number of rotatable bonds is 7. The van der Waals surface area contributed by atoms with Gasteiger partial charge in [-0.15, -0.1) is 0 Å². The largest absolute Gasteiger partial charge is 0.463 e. The number of pyridine rings is 1. The summed E-state index contributed by atoms with van der Waals surface area (Å²) >= 11 is 0. The number of sulfonamides is 1. The van der Waals surface area contributed by atoms with E-state index >= 15 is 0 Å². The summed E-state index contributed by atoms with van der Waals surface area (Å²) in [7, 11) is -1.89. The topological polar surface area (TPSA) is 110 Å². The molecule has 10 heteroatoms. The Morgan fingerprint density at radius 1 is 1.15 bits per heavy atom. The van der Waals surface area contributed by atoms with E-state index in [1.54, 1.807) is 55.9 Å². The quantitative estimate of drug-likeness (QED) is 0.442. The van der Waals surface area contributed by atoms with Crippen LogP contribution in [-0.4, -0.2) is 46.5 Å². The lowest BCUT2D eigenvalue weighted by Crippen LogP contribution is -2.30. The van der Waals surface area contributed by atoms with Crippen LogP contribution in [0.5, 0.6) is 0 Å². The fourth-order valence-electron chi connectivity index (χ4n) is 3.82. The molecule has 3 heterocycles. The molecule has 0 radical (unpaired) electrons. The van der Waals surface area contributed by atoms with Gasteiger partial charge in [0.2, 0.25) is 10.0 Å². The average Bonchev–Trinajstić information content (AvgIpc) is 3.42. The summed E-state index contributed by atoms with van der Waals surface area (Å²) in [6.07, 6.45) is 1.54. The second kappa shape index (κ2) is 8.80. The minimum Gasteiger partial charge on any atom is -0.463 e. The van der Waals surface area contributed by atoms with Crippen LogP contribution < -0.4 is 5.32 Å². The third-order valence-electron chi connectivity index (χ3n) is 5.42. The summed E-state index contributed by atoms with van der Waals surface area (Å²) < 4.78 is 34.2. The van der Waals surface area contributed by atoms with Crippen LogP contribution in [0.25, 0.3) is 22.5 Å². The lowest BCUT2D eigenvalue weighted by atomic mass is 10.1. The number of hydrogen-bond acceptors (Lipinski definition) is 6. The number of benzene rings is 1. The minimum atomic E-state index is -3.65. The number of fused-ring (bicyclic) bond motifs is 1. The molecular weight excluding hydrogens is 442 g/mol. The van der Waals surface area contributed by atoms with Crippen molar-refractivity contribution in [3.8, 4) is 11.5 Å². The predicted octanol–water partition coefficient (Wildman–Crippen LogP) is 3.82. The van der Waals surface area contributed by atoms with Gasteiger partial charge in [0.1, 0.15) is 5.69 Å². The van der Waals surface area contributed by atoms with E-state index in [-0.39, 0.29) is 4.90 Å². The van der Waals surface area contributed by atoms with Crippen LogP contribution in [0.15, 0.2) is 58.0 Å². The maximum absolute atomic E-state index is 13.4. The Balaban J connectivity index is 1.75.